The summed E-state index contributed by atoms with van der Waals surface area (Å²) in [6, 6.07) is 10.8. The molecule has 0 saturated carbocycles. The van der Waals surface area contributed by atoms with Gasteiger partial charge in [-0.2, -0.15) is 4.31 Å². The monoisotopic (exact) mass is 436 g/mol. The quantitative estimate of drug-likeness (QED) is 0.493. The molecule has 2 heterocycles. The van der Waals surface area contributed by atoms with E-state index in [4.69, 9.17) is 4.74 Å². The first kappa shape index (κ1) is 21.4. The Morgan fingerprint density at radius 2 is 2.07 bits per heavy atom. The zero-order valence-corrected chi connectivity index (χ0v) is 18.0. The van der Waals surface area contributed by atoms with Gasteiger partial charge in [0.2, 0.25) is 11.9 Å². The number of aryl methyl sites for hydroxylation is 1. The smallest absolute Gasteiger partial charge is 0.252 e. The molecule has 0 bridgehead atoms. The Balaban J connectivity index is 1.74. The minimum Gasteiger partial charge on any atom is -0.382 e. The third kappa shape index (κ3) is 5.02. The lowest BCUT2D eigenvalue weighted by molar-refractivity contribution is -0.116. The average molecular weight is 437 g/mol. The van der Waals surface area contributed by atoms with Crippen LogP contribution in [-0.4, -0.2) is 55.0 Å². The SMILES string of the molecule is CCOCCCn1c(NC(=O)CN(C)S(=O)(=O)c2cccs2)nc2ccccc21. The van der Waals surface area contributed by atoms with Gasteiger partial charge in [0.05, 0.1) is 17.6 Å². The van der Waals surface area contributed by atoms with Gasteiger partial charge in [0.1, 0.15) is 4.21 Å². The lowest BCUT2D eigenvalue weighted by atomic mass is 10.3. The Bertz CT molecular complexity index is 1060. The van der Waals surface area contributed by atoms with Gasteiger partial charge in [-0.25, -0.2) is 13.4 Å². The van der Waals surface area contributed by atoms with E-state index >= 15 is 0 Å². The van der Waals surface area contributed by atoms with E-state index in [2.05, 4.69) is 10.3 Å². The molecule has 0 radical (unpaired) electrons. The highest BCUT2D eigenvalue weighted by molar-refractivity contribution is 7.91. The van der Waals surface area contributed by atoms with Crippen LogP contribution in [0.4, 0.5) is 5.95 Å². The van der Waals surface area contributed by atoms with E-state index in [-0.39, 0.29) is 10.8 Å². The van der Waals surface area contributed by atoms with Crippen LogP contribution in [0, 0.1) is 0 Å². The maximum Gasteiger partial charge on any atom is 0.252 e. The predicted octanol–water partition coefficient (Wildman–Crippen LogP) is 2.78. The van der Waals surface area contributed by atoms with E-state index in [9.17, 15) is 13.2 Å². The molecule has 0 saturated heterocycles. The lowest BCUT2D eigenvalue weighted by Gasteiger charge is -2.16. The molecule has 29 heavy (non-hydrogen) atoms. The number of sulfonamides is 1. The van der Waals surface area contributed by atoms with Gasteiger partial charge >= 0.3 is 0 Å². The standard InChI is InChI=1S/C19H24N4O4S2/c1-3-27-12-7-11-23-16-9-5-4-8-15(16)20-19(23)21-17(24)14-22(2)29(25,26)18-10-6-13-28-18/h4-6,8-10,13H,3,7,11-12,14H2,1-2H3,(H,20,21,24). The molecule has 0 spiro atoms. The summed E-state index contributed by atoms with van der Waals surface area (Å²) in [5.41, 5.74) is 1.66. The Hall–Kier alpha value is -2.27. The van der Waals surface area contributed by atoms with Crippen LogP contribution in [0.3, 0.4) is 0 Å². The first-order valence-corrected chi connectivity index (χ1v) is 11.6. The number of ether oxygens (including phenoxy) is 1. The maximum absolute atomic E-state index is 12.6. The summed E-state index contributed by atoms with van der Waals surface area (Å²) >= 11 is 1.12. The number of thiophene rings is 1. The fraction of sp³-hybridized carbons (Fsp3) is 0.368. The van der Waals surface area contributed by atoms with Crippen molar-refractivity contribution >= 4 is 44.2 Å². The van der Waals surface area contributed by atoms with Crippen LogP contribution in [-0.2, 0) is 26.1 Å². The van der Waals surface area contributed by atoms with Crippen molar-refractivity contribution in [2.75, 3.05) is 32.1 Å². The summed E-state index contributed by atoms with van der Waals surface area (Å²) in [4.78, 5) is 17.0. The number of carbonyl (C=O) groups excluding carboxylic acids is 1. The fourth-order valence-electron chi connectivity index (χ4n) is 2.88. The molecule has 3 aromatic rings. The van der Waals surface area contributed by atoms with Crippen LogP contribution in [0.1, 0.15) is 13.3 Å². The van der Waals surface area contributed by atoms with Crippen LogP contribution in [0.5, 0.6) is 0 Å². The first-order chi connectivity index (χ1) is 13.9. The molecule has 0 unspecified atom stereocenters. The van der Waals surface area contributed by atoms with Gasteiger partial charge < -0.3 is 9.30 Å². The number of hydrogen-bond donors (Lipinski definition) is 1. The van der Waals surface area contributed by atoms with Crippen molar-refractivity contribution < 1.29 is 17.9 Å². The van der Waals surface area contributed by atoms with Crippen molar-refractivity contribution in [1.29, 1.82) is 0 Å². The molecule has 10 heteroatoms. The number of nitrogens with one attached hydrogen (secondary N) is 1. The lowest BCUT2D eigenvalue weighted by Crippen LogP contribution is -2.35. The topological polar surface area (TPSA) is 93.5 Å². The van der Waals surface area contributed by atoms with Gasteiger partial charge in [0.25, 0.3) is 10.0 Å². The summed E-state index contributed by atoms with van der Waals surface area (Å²) in [5.74, 6) is -0.0522. The minimum atomic E-state index is -3.69. The van der Waals surface area contributed by atoms with Gasteiger partial charge in [0, 0.05) is 26.8 Å². The molecule has 0 atom stereocenters. The maximum atomic E-state index is 12.6. The van der Waals surface area contributed by atoms with Gasteiger partial charge in [-0.1, -0.05) is 18.2 Å². The second-order valence-corrected chi connectivity index (χ2v) is 9.59. The molecule has 1 amide bonds. The molecule has 156 valence electrons. The molecule has 0 aliphatic heterocycles. The number of rotatable bonds is 10. The Kier molecular flexibility index (Phi) is 7.01. The van der Waals surface area contributed by atoms with Crippen molar-refractivity contribution in [2.45, 2.75) is 24.1 Å². The molecule has 1 aromatic carbocycles. The zero-order chi connectivity index (χ0) is 20.9. The number of anilines is 1. The van der Waals surface area contributed by atoms with Crippen LogP contribution in [0.2, 0.25) is 0 Å². The molecule has 8 nitrogen and oxygen atoms in total. The highest BCUT2D eigenvalue weighted by atomic mass is 32.2. The summed E-state index contributed by atoms with van der Waals surface area (Å²) in [5, 5.41) is 4.44. The van der Waals surface area contributed by atoms with E-state index in [1.165, 1.54) is 13.1 Å². The molecule has 0 aliphatic rings. The molecule has 2 aromatic heterocycles. The number of nitrogens with zero attached hydrogens (tertiary/aromatic N) is 3. The number of fused-ring (bicyclic) bond motifs is 1. The molecular weight excluding hydrogens is 412 g/mol. The van der Waals surface area contributed by atoms with Gasteiger partial charge in [-0.15, -0.1) is 11.3 Å². The predicted molar refractivity (Wildman–Crippen MR) is 114 cm³/mol. The second-order valence-electron chi connectivity index (χ2n) is 6.37. The highest BCUT2D eigenvalue weighted by Gasteiger charge is 2.24. The number of imidazole rings is 1. The van der Waals surface area contributed by atoms with Crippen LogP contribution in [0.15, 0.2) is 46.0 Å². The number of hydrogen-bond acceptors (Lipinski definition) is 6. The number of benzene rings is 1. The van der Waals surface area contributed by atoms with E-state index < -0.39 is 15.9 Å². The largest absolute Gasteiger partial charge is 0.382 e. The van der Waals surface area contributed by atoms with E-state index in [0.29, 0.717) is 25.7 Å². The summed E-state index contributed by atoms with van der Waals surface area (Å²) in [7, 11) is -2.30. The van der Waals surface area contributed by atoms with Crippen LogP contribution >= 0.6 is 11.3 Å². The van der Waals surface area contributed by atoms with Gasteiger partial charge in [-0.3, -0.25) is 10.1 Å². The first-order valence-electron chi connectivity index (χ1n) is 9.26. The number of carbonyl (C=O) groups is 1. The third-order valence-electron chi connectivity index (χ3n) is 4.31. The third-order valence-corrected chi connectivity index (χ3v) is 7.48. The molecule has 3 rings (SSSR count). The summed E-state index contributed by atoms with van der Waals surface area (Å²) in [6.45, 7) is 3.53. The Morgan fingerprint density at radius 1 is 1.28 bits per heavy atom. The van der Waals surface area contributed by atoms with Crippen LogP contribution in [0.25, 0.3) is 11.0 Å². The number of likely N-dealkylation sites (N-methyl/N-ethyl adjacent to an activating group) is 1. The van der Waals surface area contributed by atoms with Crippen molar-refractivity contribution in [1.82, 2.24) is 13.9 Å². The fourth-order valence-corrected chi connectivity index (χ4v) is 5.21. The van der Waals surface area contributed by atoms with E-state index in [0.717, 1.165) is 33.1 Å². The number of aromatic nitrogens is 2. The van der Waals surface area contributed by atoms with Crippen molar-refractivity contribution in [3.05, 3.63) is 41.8 Å². The van der Waals surface area contributed by atoms with Crippen molar-refractivity contribution in [2.24, 2.45) is 0 Å². The minimum absolute atomic E-state index is 0.205. The highest BCUT2D eigenvalue weighted by Crippen LogP contribution is 2.21. The Labute approximate surface area is 174 Å². The Morgan fingerprint density at radius 3 is 2.79 bits per heavy atom. The summed E-state index contributed by atoms with van der Waals surface area (Å²) < 4.78 is 33.6. The van der Waals surface area contributed by atoms with Gasteiger partial charge in [-0.05, 0) is 36.9 Å². The second kappa shape index (κ2) is 9.49. The van der Waals surface area contributed by atoms with E-state index in [1.54, 1.807) is 11.4 Å². The van der Waals surface area contributed by atoms with Crippen molar-refractivity contribution in [3.63, 3.8) is 0 Å². The zero-order valence-electron chi connectivity index (χ0n) is 16.4. The number of amides is 1. The summed E-state index contributed by atoms with van der Waals surface area (Å²) in [6.07, 6.45) is 0.768. The van der Waals surface area contributed by atoms with Crippen molar-refractivity contribution in [3.8, 4) is 0 Å². The molecule has 1 N–H and O–H groups in total. The normalized spacial score (nSPS) is 12.0. The molecule has 0 fully saturated rings. The average Bonchev–Trinajstić information content (AvgIpc) is 3.34. The molecular formula is C19H24N4O4S2. The van der Waals surface area contributed by atoms with E-state index in [1.807, 2.05) is 35.8 Å². The van der Waals surface area contributed by atoms with Gasteiger partial charge in [0.15, 0.2) is 0 Å². The molecule has 0 aliphatic carbocycles. The number of para-hydroxylation sites is 2. The van der Waals surface area contributed by atoms with Crippen LogP contribution < -0.4 is 5.32 Å².